The second-order valence-corrected chi connectivity index (χ2v) is 7.93. The van der Waals surface area contributed by atoms with E-state index >= 15 is 0 Å². The van der Waals surface area contributed by atoms with Gasteiger partial charge in [-0.2, -0.15) is 0 Å². The molecule has 2 heterocycles. The van der Waals surface area contributed by atoms with Crippen molar-refractivity contribution in [2.45, 2.75) is 31.9 Å². The summed E-state index contributed by atoms with van der Waals surface area (Å²) in [5, 5.41) is -0.0835. The third-order valence-corrected chi connectivity index (χ3v) is 5.98. The van der Waals surface area contributed by atoms with Gasteiger partial charge in [-0.1, -0.05) is 23.9 Å². The lowest BCUT2D eigenvalue weighted by Gasteiger charge is -2.33. The van der Waals surface area contributed by atoms with Crippen LogP contribution in [0.25, 0.3) is 0 Å². The van der Waals surface area contributed by atoms with Gasteiger partial charge in [0.15, 0.2) is 0 Å². The maximum Gasteiger partial charge on any atom is 0.338 e. The van der Waals surface area contributed by atoms with E-state index in [4.69, 9.17) is 19.9 Å². The van der Waals surface area contributed by atoms with E-state index in [9.17, 15) is 14.4 Å². The predicted octanol–water partition coefficient (Wildman–Crippen LogP) is 2.26. The van der Waals surface area contributed by atoms with Gasteiger partial charge in [-0.05, 0) is 38.5 Å². The van der Waals surface area contributed by atoms with E-state index in [1.54, 1.807) is 45.0 Å². The number of amides is 1. The summed E-state index contributed by atoms with van der Waals surface area (Å²) in [4.78, 5) is 40.0. The third kappa shape index (κ3) is 3.65. The number of methoxy groups -OCH3 is 1. The van der Waals surface area contributed by atoms with E-state index in [0.29, 0.717) is 16.3 Å². The van der Waals surface area contributed by atoms with Crippen LogP contribution in [0.5, 0.6) is 5.75 Å². The quantitative estimate of drug-likeness (QED) is 0.682. The zero-order valence-electron chi connectivity index (χ0n) is 17.3. The van der Waals surface area contributed by atoms with Crippen LogP contribution in [-0.2, 0) is 23.9 Å². The number of hydrogen-bond donors (Lipinski definition) is 1. The first-order chi connectivity index (χ1) is 14.3. The standard InChI is InChI=1S/C21H24N2O6S/c1-5-28-20(25)15-14(12-8-7-9-13(10-12)27-4)16(21(26)29-6-2)19-23(17(15)22)18(24)11(3)30-19/h7-11,14H,5-6,22H2,1-4H3/t11-,14+/m1/s1. The van der Waals surface area contributed by atoms with Crippen LogP contribution in [0.1, 0.15) is 32.3 Å². The lowest BCUT2D eigenvalue weighted by Crippen LogP contribution is -2.40. The maximum atomic E-state index is 13.0. The fourth-order valence-corrected chi connectivity index (χ4v) is 4.66. The van der Waals surface area contributed by atoms with Crippen LogP contribution in [0.15, 0.2) is 46.3 Å². The number of nitrogens with zero attached hydrogens (tertiary/aromatic N) is 1. The first kappa shape index (κ1) is 21.8. The van der Waals surface area contributed by atoms with Crippen molar-refractivity contribution >= 4 is 29.6 Å². The van der Waals surface area contributed by atoms with Crippen LogP contribution in [0.4, 0.5) is 0 Å². The minimum atomic E-state index is -0.866. The minimum absolute atomic E-state index is 0.0277. The summed E-state index contributed by atoms with van der Waals surface area (Å²) in [6.45, 7) is 5.34. The van der Waals surface area contributed by atoms with Crippen molar-refractivity contribution in [2.24, 2.45) is 5.73 Å². The van der Waals surface area contributed by atoms with Crippen LogP contribution >= 0.6 is 11.8 Å². The number of carbonyl (C=O) groups is 3. The Kier molecular flexibility index (Phi) is 6.40. The lowest BCUT2D eigenvalue weighted by molar-refractivity contribution is -0.139. The lowest BCUT2D eigenvalue weighted by atomic mass is 9.82. The molecule has 0 aromatic heterocycles. The van der Waals surface area contributed by atoms with Gasteiger partial charge in [0.2, 0.25) is 5.91 Å². The number of carbonyl (C=O) groups excluding carboxylic acids is 3. The Morgan fingerprint density at radius 3 is 2.37 bits per heavy atom. The van der Waals surface area contributed by atoms with E-state index in [-0.39, 0.29) is 36.1 Å². The first-order valence-electron chi connectivity index (χ1n) is 9.58. The number of nitrogens with two attached hydrogens (primary N) is 1. The van der Waals surface area contributed by atoms with Crippen molar-refractivity contribution in [3.63, 3.8) is 0 Å². The van der Waals surface area contributed by atoms with Crippen LogP contribution in [0, 0.1) is 0 Å². The molecule has 2 aliphatic heterocycles. The Hall–Kier alpha value is -2.94. The Morgan fingerprint density at radius 1 is 1.13 bits per heavy atom. The third-order valence-electron chi connectivity index (χ3n) is 4.80. The smallest absolute Gasteiger partial charge is 0.338 e. The van der Waals surface area contributed by atoms with Gasteiger partial charge >= 0.3 is 11.9 Å². The van der Waals surface area contributed by atoms with Crippen molar-refractivity contribution in [2.75, 3.05) is 20.3 Å². The Bertz CT molecular complexity index is 955. The summed E-state index contributed by atoms with van der Waals surface area (Å²) < 4.78 is 15.8. The summed E-state index contributed by atoms with van der Waals surface area (Å²) >= 11 is 1.22. The number of rotatable bonds is 6. The fraction of sp³-hybridized carbons (Fsp3) is 0.381. The predicted molar refractivity (Wildman–Crippen MR) is 111 cm³/mol. The van der Waals surface area contributed by atoms with Crippen LogP contribution in [0.2, 0.25) is 0 Å². The van der Waals surface area contributed by atoms with Crippen molar-refractivity contribution in [1.82, 2.24) is 4.90 Å². The molecule has 160 valence electrons. The Balaban J connectivity index is 2.30. The number of fused-ring (bicyclic) bond motifs is 1. The van der Waals surface area contributed by atoms with E-state index in [2.05, 4.69) is 0 Å². The highest BCUT2D eigenvalue weighted by Crippen LogP contribution is 2.50. The molecule has 0 aliphatic carbocycles. The molecule has 9 heteroatoms. The fourth-order valence-electron chi connectivity index (χ4n) is 3.50. The van der Waals surface area contributed by atoms with Crippen LogP contribution < -0.4 is 10.5 Å². The summed E-state index contributed by atoms with van der Waals surface area (Å²) in [5.74, 6) is -1.97. The highest BCUT2D eigenvalue weighted by molar-refractivity contribution is 8.04. The van der Waals surface area contributed by atoms with Gasteiger partial charge in [0.1, 0.15) is 11.6 Å². The minimum Gasteiger partial charge on any atom is -0.497 e. The molecule has 8 nitrogen and oxygen atoms in total. The molecule has 1 aromatic rings. The summed E-state index contributed by atoms with van der Waals surface area (Å²) in [6.07, 6.45) is 0. The van der Waals surface area contributed by atoms with Crippen molar-refractivity contribution in [3.05, 3.63) is 51.8 Å². The summed E-state index contributed by atoms with van der Waals surface area (Å²) in [7, 11) is 1.52. The van der Waals surface area contributed by atoms with Crippen LogP contribution in [-0.4, -0.2) is 48.3 Å². The second kappa shape index (κ2) is 8.83. The van der Waals surface area contributed by atoms with Gasteiger partial charge in [0, 0.05) is 0 Å². The van der Waals surface area contributed by atoms with Crippen molar-refractivity contribution in [1.29, 1.82) is 0 Å². The zero-order chi connectivity index (χ0) is 22.0. The maximum absolute atomic E-state index is 13.0. The van der Waals surface area contributed by atoms with Crippen LogP contribution in [0.3, 0.4) is 0 Å². The molecule has 1 saturated heterocycles. The van der Waals surface area contributed by atoms with Gasteiger partial charge < -0.3 is 19.9 Å². The molecule has 0 saturated carbocycles. The highest BCUT2D eigenvalue weighted by Gasteiger charge is 2.49. The Morgan fingerprint density at radius 2 is 1.77 bits per heavy atom. The average molecular weight is 432 g/mol. The molecule has 2 aliphatic rings. The molecule has 0 radical (unpaired) electrons. The topological polar surface area (TPSA) is 108 Å². The van der Waals surface area contributed by atoms with E-state index < -0.39 is 23.1 Å². The van der Waals surface area contributed by atoms with E-state index in [0.717, 1.165) is 0 Å². The molecule has 0 spiro atoms. The SMILES string of the molecule is CCOC(=O)C1=C(N)N2C(=O)[C@@H](C)SC2=C(C(=O)OCC)[C@H]1c1cccc(OC)c1. The van der Waals surface area contributed by atoms with Gasteiger partial charge in [-0.3, -0.25) is 9.69 Å². The normalized spacial score (nSPS) is 20.9. The molecule has 2 atom stereocenters. The van der Waals surface area contributed by atoms with Crippen molar-refractivity contribution < 1.29 is 28.6 Å². The molecule has 0 bridgehead atoms. The molecule has 0 unspecified atom stereocenters. The van der Waals surface area contributed by atoms with Crippen molar-refractivity contribution in [3.8, 4) is 5.75 Å². The van der Waals surface area contributed by atoms with Gasteiger partial charge in [-0.25, -0.2) is 9.59 Å². The molecule has 3 rings (SSSR count). The summed E-state index contributed by atoms with van der Waals surface area (Å²) in [6, 6.07) is 6.99. The number of esters is 2. The van der Waals surface area contributed by atoms with E-state index in [1.165, 1.54) is 23.8 Å². The number of ether oxygens (including phenoxy) is 3. The second-order valence-electron chi connectivity index (χ2n) is 6.60. The molecule has 30 heavy (non-hydrogen) atoms. The van der Waals surface area contributed by atoms with E-state index in [1.807, 2.05) is 0 Å². The Labute approximate surface area is 179 Å². The monoisotopic (exact) mass is 432 g/mol. The molecule has 1 fully saturated rings. The molecular formula is C21H24N2O6S. The number of hydrogen-bond acceptors (Lipinski definition) is 8. The van der Waals surface area contributed by atoms with Gasteiger partial charge in [-0.15, -0.1) is 0 Å². The molecular weight excluding hydrogens is 408 g/mol. The largest absolute Gasteiger partial charge is 0.497 e. The number of thioether (sulfide) groups is 1. The van der Waals surface area contributed by atoms with Gasteiger partial charge in [0.25, 0.3) is 0 Å². The summed E-state index contributed by atoms with van der Waals surface area (Å²) in [5.41, 5.74) is 7.15. The zero-order valence-corrected chi connectivity index (χ0v) is 18.1. The molecule has 2 N–H and O–H groups in total. The average Bonchev–Trinajstić information content (AvgIpc) is 3.02. The van der Waals surface area contributed by atoms with Gasteiger partial charge in [0.05, 0.1) is 47.7 Å². The first-order valence-corrected chi connectivity index (χ1v) is 10.5. The molecule has 1 aromatic carbocycles. The number of benzene rings is 1. The molecule has 1 amide bonds. The highest BCUT2D eigenvalue weighted by atomic mass is 32.2.